The number of carboxylic acids is 1. The molecule has 17 heavy (non-hydrogen) atoms. The van der Waals surface area contributed by atoms with Crippen molar-refractivity contribution in [3.8, 4) is 0 Å². The zero-order chi connectivity index (χ0) is 12.2. The van der Waals surface area contributed by atoms with Gasteiger partial charge in [0.2, 0.25) is 0 Å². The lowest BCUT2D eigenvalue weighted by Gasteiger charge is -2.58. The van der Waals surface area contributed by atoms with Crippen molar-refractivity contribution in [1.29, 1.82) is 0 Å². The number of ketones is 1. The van der Waals surface area contributed by atoms with E-state index in [9.17, 15) is 14.7 Å². The van der Waals surface area contributed by atoms with Crippen molar-refractivity contribution < 1.29 is 14.7 Å². The van der Waals surface area contributed by atoms with Crippen LogP contribution in [0.15, 0.2) is 0 Å². The molecule has 0 aromatic heterocycles. The Hall–Kier alpha value is -0.860. The minimum Gasteiger partial charge on any atom is -0.481 e. The average molecular weight is 236 g/mol. The van der Waals surface area contributed by atoms with Crippen LogP contribution in [0.3, 0.4) is 0 Å². The Morgan fingerprint density at radius 1 is 1.06 bits per heavy atom. The molecule has 3 heteroatoms. The van der Waals surface area contributed by atoms with Gasteiger partial charge in [-0.3, -0.25) is 9.59 Å². The Labute approximate surface area is 102 Å². The highest BCUT2D eigenvalue weighted by Crippen LogP contribution is 2.62. The quantitative estimate of drug-likeness (QED) is 0.766. The van der Waals surface area contributed by atoms with Crippen molar-refractivity contribution in [2.24, 2.45) is 29.1 Å². The van der Waals surface area contributed by atoms with Crippen molar-refractivity contribution in [3.05, 3.63) is 0 Å². The van der Waals surface area contributed by atoms with E-state index in [1.54, 1.807) is 0 Å². The van der Waals surface area contributed by atoms with Gasteiger partial charge in [-0.2, -0.15) is 0 Å². The summed E-state index contributed by atoms with van der Waals surface area (Å²) in [6, 6.07) is 0. The molecule has 1 atom stereocenters. The van der Waals surface area contributed by atoms with Crippen LogP contribution in [-0.2, 0) is 9.59 Å². The minimum absolute atomic E-state index is 0.139. The third-order valence-electron chi connectivity index (χ3n) is 5.35. The van der Waals surface area contributed by atoms with Gasteiger partial charge in [0.15, 0.2) is 0 Å². The Bertz CT molecular complexity index is 322. The average Bonchev–Trinajstić information content (AvgIpc) is 2.11. The van der Waals surface area contributed by atoms with Crippen LogP contribution >= 0.6 is 0 Å². The van der Waals surface area contributed by atoms with Gasteiger partial charge in [0.1, 0.15) is 11.7 Å². The maximum absolute atomic E-state index is 11.7. The first-order chi connectivity index (χ1) is 8.00. The molecule has 4 saturated carbocycles. The predicted octanol–water partition coefficient (Wildman–Crippen LogP) is 2.49. The summed E-state index contributed by atoms with van der Waals surface area (Å²) in [4.78, 5) is 23.2. The van der Waals surface area contributed by atoms with E-state index in [0.29, 0.717) is 17.8 Å². The van der Waals surface area contributed by atoms with Crippen molar-refractivity contribution in [3.63, 3.8) is 0 Å². The highest BCUT2D eigenvalue weighted by atomic mass is 16.4. The van der Waals surface area contributed by atoms with Gasteiger partial charge in [0.05, 0.1) is 0 Å². The molecule has 0 aromatic rings. The molecule has 4 fully saturated rings. The van der Waals surface area contributed by atoms with E-state index in [2.05, 4.69) is 0 Å². The van der Waals surface area contributed by atoms with Crippen LogP contribution in [0, 0.1) is 29.1 Å². The summed E-state index contributed by atoms with van der Waals surface area (Å²) < 4.78 is 0. The topological polar surface area (TPSA) is 54.4 Å². The Morgan fingerprint density at radius 3 is 1.76 bits per heavy atom. The highest BCUT2D eigenvalue weighted by Gasteiger charge is 2.57. The molecule has 4 rings (SSSR count). The molecule has 4 aliphatic rings. The van der Waals surface area contributed by atoms with E-state index < -0.39 is 11.9 Å². The summed E-state index contributed by atoms with van der Waals surface area (Å²) in [6.45, 7) is 1.46. The molecule has 0 aromatic carbocycles. The number of carboxylic acid groups (broad SMARTS) is 1. The van der Waals surface area contributed by atoms with Gasteiger partial charge in [-0.05, 0) is 68.6 Å². The normalized spacial score (nSPS) is 44.6. The van der Waals surface area contributed by atoms with Crippen molar-refractivity contribution in [2.45, 2.75) is 45.4 Å². The number of carbonyl (C=O) groups is 2. The first-order valence-electron chi connectivity index (χ1n) is 6.73. The molecule has 4 bridgehead atoms. The second kappa shape index (κ2) is 3.56. The predicted molar refractivity (Wildman–Crippen MR) is 62.4 cm³/mol. The molecule has 0 radical (unpaired) electrons. The molecule has 0 amide bonds. The lowest BCUT2D eigenvalue weighted by atomic mass is 9.46. The van der Waals surface area contributed by atoms with Gasteiger partial charge in [0, 0.05) is 0 Å². The minimum atomic E-state index is -0.889. The summed E-state index contributed by atoms with van der Waals surface area (Å²) in [6.07, 6.45) is 6.79. The summed E-state index contributed by atoms with van der Waals surface area (Å²) in [7, 11) is 0. The molecule has 1 unspecified atom stereocenters. The van der Waals surface area contributed by atoms with Gasteiger partial charge in [0.25, 0.3) is 0 Å². The molecular weight excluding hydrogens is 216 g/mol. The fraction of sp³-hybridized carbons (Fsp3) is 0.857. The molecule has 0 saturated heterocycles. The van der Waals surface area contributed by atoms with E-state index in [4.69, 9.17) is 0 Å². The molecule has 0 heterocycles. The Morgan fingerprint density at radius 2 is 1.47 bits per heavy atom. The largest absolute Gasteiger partial charge is 0.481 e. The maximum atomic E-state index is 11.7. The molecule has 4 aliphatic carbocycles. The molecule has 1 N–H and O–H groups in total. The van der Waals surface area contributed by atoms with Crippen LogP contribution in [0.2, 0.25) is 0 Å². The molecule has 94 valence electrons. The Kier molecular flexibility index (Phi) is 2.36. The van der Waals surface area contributed by atoms with Gasteiger partial charge in [-0.25, -0.2) is 0 Å². The third-order valence-corrected chi connectivity index (χ3v) is 5.35. The molecule has 0 spiro atoms. The van der Waals surface area contributed by atoms with Gasteiger partial charge >= 0.3 is 5.97 Å². The van der Waals surface area contributed by atoms with Crippen molar-refractivity contribution in [2.75, 3.05) is 0 Å². The van der Waals surface area contributed by atoms with Gasteiger partial charge < -0.3 is 5.11 Å². The fourth-order valence-electron chi connectivity index (χ4n) is 5.40. The van der Waals surface area contributed by atoms with Crippen LogP contribution in [-0.4, -0.2) is 16.9 Å². The number of hydrogen-bond acceptors (Lipinski definition) is 2. The number of rotatable bonds is 3. The summed E-state index contributed by atoms with van der Waals surface area (Å²) >= 11 is 0. The van der Waals surface area contributed by atoms with Gasteiger partial charge in [-0.1, -0.05) is 0 Å². The number of hydrogen-bond donors (Lipinski definition) is 1. The van der Waals surface area contributed by atoms with E-state index in [1.807, 2.05) is 0 Å². The highest BCUT2D eigenvalue weighted by molar-refractivity contribution is 5.97. The Balaban J connectivity index is 1.95. The van der Waals surface area contributed by atoms with Crippen LogP contribution in [0.25, 0.3) is 0 Å². The van der Waals surface area contributed by atoms with Crippen LogP contribution < -0.4 is 0 Å². The summed E-state index contributed by atoms with van der Waals surface area (Å²) in [5.74, 6) is 0.321. The van der Waals surface area contributed by atoms with E-state index in [0.717, 1.165) is 19.3 Å². The van der Waals surface area contributed by atoms with E-state index >= 15 is 0 Å². The second-order valence-electron chi connectivity index (χ2n) is 6.66. The number of carbonyl (C=O) groups excluding carboxylic acids is 1. The zero-order valence-corrected chi connectivity index (χ0v) is 10.3. The lowest BCUT2D eigenvalue weighted by Crippen LogP contribution is -2.53. The summed E-state index contributed by atoms with van der Waals surface area (Å²) in [5, 5.41) is 9.38. The van der Waals surface area contributed by atoms with Crippen molar-refractivity contribution >= 4 is 11.8 Å². The van der Waals surface area contributed by atoms with Crippen molar-refractivity contribution in [1.82, 2.24) is 0 Å². The van der Waals surface area contributed by atoms with E-state index in [-0.39, 0.29) is 11.2 Å². The lowest BCUT2D eigenvalue weighted by molar-refractivity contribution is -0.162. The van der Waals surface area contributed by atoms with Crippen LogP contribution in [0.5, 0.6) is 0 Å². The second-order valence-corrected chi connectivity index (χ2v) is 6.66. The third kappa shape index (κ3) is 1.62. The zero-order valence-electron chi connectivity index (χ0n) is 10.3. The number of Topliss-reactive ketones (excluding diaryl/α,β-unsaturated/α-hetero) is 1. The first-order valence-corrected chi connectivity index (χ1v) is 6.73. The molecule has 0 aliphatic heterocycles. The van der Waals surface area contributed by atoms with E-state index in [1.165, 1.54) is 26.2 Å². The van der Waals surface area contributed by atoms with Gasteiger partial charge in [-0.15, -0.1) is 0 Å². The summed E-state index contributed by atoms with van der Waals surface area (Å²) in [5.41, 5.74) is -0.188. The smallest absolute Gasteiger partial charge is 0.314 e. The fourth-order valence-corrected chi connectivity index (χ4v) is 5.40. The number of aliphatic carboxylic acids is 1. The standard InChI is InChI=1S/C14H20O3/c1-8(15)12(13(16)17)14-5-9-2-10(6-14)4-11(3-9)7-14/h9-12H,2-7H2,1H3,(H,16,17). The SMILES string of the molecule is CC(=O)C(C(=O)O)C12CC3CC(CC(C3)C1)C2. The molecule has 3 nitrogen and oxygen atoms in total. The van der Waals surface area contributed by atoms with Crippen LogP contribution in [0.1, 0.15) is 45.4 Å². The maximum Gasteiger partial charge on any atom is 0.314 e. The molecular formula is C14H20O3. The van der Waals surface area contributed by atoms with Crippen LogP contribution in [0.4, 0.5) is 0 Å². The first kappa shape index (κ1) is 11.2. The monoisotopic (exact) mass is 236 g/mol.